The van der Waals surface area contributed by atoms with Crippen molar-refractivity contribution in [3.8, 4) is 0 Å². The van der Waals surface area contributed by atoms with Crippen molar-refractivity contribution in [3.05, 3.63) is 35.4 Å². The zero-order valence-corrected chi connectivity index (χ0v) is 14.1. The third-order valence-corrected chi connectivity index (χ3v) is 3.93. The van der Waals surface area contributed by atoms with Gasteiger partial charge in [0.2, 0.25) is 0 Å². The molecule has 0 saturated heterocycles. The van der Waals surface area contributed by atoms with Gasteiger partial charge in [-0.25, -0.2) is 0 Å². The number of hydrogen-bond acceptors (Lipinski definition) is 2. The van der Waals surface area contributed by atoms with Gasteiger partial charge in [-0.2, -0.15) is 13.2 Å². The molecule has 1 fully saturated rings. The van der Waals surface area contributed by atoms with Gasteiger partial charge in [-0.15, -0.1) is 0 Å². The summed E-state index contributed by atoms with van der Waals surface area (Å²) in [4.78, 5) is 6.12. The van der Waals surface area contributed by atoms with Gasteiger partial charge in [0.25, 0.3) is 0 Å². The van der Waals surface area contributed by atoms with Crippen molar-refractivity contribution in [1.82, 2.24) is 10.2 Å². The summed E-state index contributed by atoms with van der Waals surface area (Å²) in [5.41, 5.74) is 0.128. The Balaban J connectivity index is 1.75. The first-order valence-corrected chi connectivity index (χ1v) is 8.06. The molecular weight excluding hydrogens is 319 g/mol. The van der Waals surface area contributed by atoms with E-state index in [1.165, 1.54) is 25.0 Å². The predicted molar refractivity (Wildman–Crippen MR) is 87.8 cm³/mol. The van der Waals surface area contributed by atoms with Crippen LogP contribution >= 0.6 is 0 Å². The number of hydrogen-bond donors (Lipinski definition) is 1. The van der Waals surface area contributed by atoms with Gasteiger partial charge in [0, 0.05) is 33.8 Å². The summed E-state index contributed by atoms with van der Waals surface area (Å²) < 4.78 is 43.2. The third-order valence-electron chi connectivity index (χ3n) is 3.93. The molecule has 0 amide bonds. The van der Waals surface area contributed by atoms with E-state index in [0.717, 1.165) is 30.2 Å². The van der Waals surface area contributed by atoms with Gasteiger partial charge in [-0.3, -0.25) is 4.99 Å². The highest BCUT2D eigenvalue weighted by molar-refractivity contribution is 5.79. The second-order valence-electron chi connectivity index (χ2n) is 6.04. The van der Waals surface area contributed by atoms with Crippen LogP contribution in [0.5, 0.6) is 0 Å². The third kappa shape index (κ3) is 6.03. The largest absolute Gasteiger partial charge is 0.416 e. The van der Waals surface area contributed by atoms with Crippen LogP contribution in [-0.4, -0.2) is 44.7 Å². The van der Waals surface area contributed by atoms with E-state index in [9.17, 15) is 13.2 Å². The molecule has 1 N–H and O–H groups in total. The molecule has 0 atom stereocenters. The van der Waals surface area contributed by atoms with Crippen LogP contribution in [0, 0.1) is 5.92 Å². The first kappa shape index (κ1) is 18.6. The van der Waals surface area contributed by atoms with E-state index >= 15 is 0 Å². The average molecular weight is 343 g/mol. The van der Waals surface area contributed by atoms with E-state index in [1.807, 2.05) is 11.9 Å². The summed E-state index contributed by atoms with van der Waals surface area (Å²) in [5, 5.41) is 3.14. The second-order valence-corrected chi connectivity index (χ2v) is 6.04. The fourth-order valence-electron chi connectivity index (χ4n) is 2.22. The Morgan fingerprint density at radius 3 is 2.50 bits per heavy atom. The van der Waals surface area contributed by atoms with Crippen LogP contribution in [0.3, 0.4) is 0 Å². The maximum atomic E-state index is 12.5. The van der Waals surface area contributed by atoms with Crippen molar-refractivity contribution in [1.29, 1.82) is 0 Å². The van der Waals surface area contributed by atoms with Crippen LogP contribution in [0.15, 0.2) is 29.3 Å². The minimum atomic E-state index is -4.30. The number of nitrogens with zero attached hydrogens (tertiary/aromatic N) is 2. The first-order valence-electron chi connectivity index (χ1n) is 8.06. The number of rotatable bonds is 7. The quantitative estimate of drug-likeness (QED) is 0.469. The molecule has 0 heterocycles. The smallest absolute Gasteiger partial charge is 0.379 e. The van der Waals surface area contributed by atoms with E-state index in [-0.39, 0.29) is 0 Å². The Morgan fingerprint density at radius 1 is 1.29 bits per heavy atom. The van der Waals surface area contributed by atoms with Gasteiger partial charge < -0.3 is 15.0 Å². The van der Waals surface area contributed by atoms with Gasteiger partial charge in [0.1, 0.15) is 0 Å². The molecule has 1 aliphatic rings. The molecule has 0 unspecified atom stereocenters. The number of nitrogens with one attached hydrogen (secondary N) is 1. The highest BCUT2D eigenvalue weighted by Gasteiger charge is 2.29. The number of benzene rings is 1. The lowest BCUT2D eigenvalue weighted by atomic mass is 10.1. The molecule has 24 heavy (non-hydrogen) atoms. The molecule has 0 spiro atoms. The van der Waals surface area contributed by atoms with Crippen molar-refractivity contribution < 1.29 is 17.9 Å². The van der Waals surface area contributed by atoms with E-state index in [0.29, 0.717) is 25.7 Å². The van der Waals surface area contributed by atoms with Gasteiger partial charge >= 0.3 is 6.18 Å². The molecule has 134 valence electrons. The van der Waals surface area contributed by atoms with E-state index in [1.54, 1.807) is 7.05 Å². The molecular formula is C17H24F3N3O. The maximum absolute atomic E-state index is 12.5. The summed E-state index contributed by atoms with van der Waals surface area (Å²) in [5.74, 6) is 1.43. The molecule has 1 aromatic carbocycles. The predicted octanol–water partition coefficient (Wildman–Crippen LogP) is 3.14. The zero-order chi connectivity index (χ0) is 17.6. The average Bonchev–Trinajstić information content (AvgIpc) is 3.36. The van der Waals surface area contributed by atoms with Crippen molar-refractivity contribution >= 4 is 5.96 Å². The molecule has 0 bridgehead atoms. The zero-order valence-electron chi connectivity index (χ0n) is 14.1. The lowest BCUT2D eigenvalue weighted by Crippen LogP contribution is -2.40. The minimum absolute atomic E-state index is 0.415. The van der Waals surface area contributed by atoms with Crippen LogP contribution in [0.4, 0.5) is 13.2 Å². The van der Waals surface area contributed by atoms with E-state index in [4.69, 9.17) is 4.74 Å². The SMILES string of the molecule is CN=C(NCc1ccc(C(F)(F)F)cc1)N(C)CCOCC1CC1. The molecule has 0 aliphatic heterocycles. The second kappa shape index (κ2) is 8.37. The van der Waals surface area contributed by atoms with Crippen LogP contribution in [0.2, 0.25) is 0 Å². The molecule has 2 rings (SSSR count). The Morgan fingerprint density at radius 2 is 1.96 bits per heavy atom. The number of aliphatic imine (C=N–C) groups is 1. The number of likely N-dealkylation sites (N-methyl/N-ethyl adjacent to an activating group) is 1. The minimum Gasteiger partial charge on any atom is -0.379 e. The van der Waals surface area contributed by atoms with Crippen LogP contribution in [0.1, 0.15) is 24.0 Å². The van der Waals surface area contributed by atoms with Crippen LogP contribution < -0.4 is 5.32 Å². The van der Waals surface area contributed by atoms with Crippen LogP contribution in [-0.2, 0) is 17.5 Å². The van der Waals surface area contributed by atoms with Crippen molar-refractivity contribution in [2.45, 2.75) is 25.6 Å². The Kier molecular flexibility index (Phi) is 6.48. The maximum Gasteiger partial charge on any atom is 0.416 e. The summed E-state index contributed by atoms with van der Waals surface area (Å²) in [6.07, 6.45) is -1.76. The highest BCUT2D eigenvalue weighted by atomic mass is 19.4. The number of ether oxygens (including phenoxy) is 1. The van der Waals surface area contributed by atoms with Gasteiger partial charge in [0.15, 0.2) is 5.96 Å². The molecule has 4 nitrogen and oxygen atoms in total. The molecule has 1 saturated carbocycles. The molecule has 7 heteroatoms. The van der Waals surface area contributed by atoms with Gasteiger partial charge in [-0.05, 0) is 36.5 Å². The van der Waals surface area contributed by atoms with Gasteiger partial charge in [-0.1, -0.05) is 12.1 Å². The fourth-order valence-corrected chi connectivity index (χ4v) is 2.22. The Hall–Kier alpha value is -1.76. The number of halogens is 3. The Bertz CT molecular complexity index is 539. The lowest BCUT2D eigenvalue weighted by Gasteiger charge is -2.22. The molecule has 1 aliphatic carbocycles. The topological polar surface area (TPSA) is 36.9 Å². The standard InChI is InChI=1S/C17H24F3N3O/c1-21-16(23(2)9-10-24-12-14-3-4-14)22-11-13-5-7-15(8-6-13)17(18,19)20/h5-8,14H,3-4,9-12H2,1-2H3,(H,21,22). The lowest BCUT2D eigenvalue weighted by molar-refractivity contribution is -0.137. The number of guanidine groups is 1. The number of alkyl halides is 3. The van der Waals surface area contributed by atoms with Crippen molar-refractivity contribution in [3.63, 3.8) is 0 Å². The first-order chi connectivity index (χ1) is 11.4. The summed E-state index contributed by atoms with van der Waals surface area (Å²) >= 11 is 0. The summed E-state index contributed by atoms with van der Waals surface area (Å²) in [7, 11) is 3.58. The van der Waals surface area contributed by atoms with E-state index < -0.39 is 11.7 Å². The molecule has 0 radical (unpaired) electrons. The van der Waals surface area contributed by atoms with Crippen molar-refractivity contribution in [2.24, 2.45) is 10.9 Å². The summed E-state index contributed by atoms with van der Waals surface area (Å²) in [6.45, 7) is 2.58. The fraction of sp³-hybridized carbons (Fsp3) is 0.588. The summed E-state index contributed by atoms with van der Waals surface area (Å²) in [6, 6.07) is 5.13. The molecule has 0 aromatic heterocycles. The Labute approximate surface area is 140 Å². The normalized spacial score (nSPS) is 15.5. The van der Waals surface area contributed by atoms with E-state index in [2.05, 4.69) is 10.3 Å². The van der Waals surface area contributed by atoms with Crippen molar-refractivity contribution in [2.75, 3.05) is 33.9 Å². The van der Waals surface area contributed by atoms with Crippen LogP contribution in [0.25, 0.3) is 0 Å². The van der Waals surface area contributed by atoms with Gasteiger partial charge in [0.05, 0.1) is 12.2 Å². The monoisotopic (exact) mass is 343 g/mol. The molecule has 1 aromatic rings. The highest BCUT2D eigenvalue weighted by Crippen LogP contribution is 2.29.